The quantitative estimate of drug-likeness (QED) is 0.754. The number of rotatable bonds is 1. The third-order valence-electron chi connectivity index (χ3n) is 6.15. The van der Waals surface area contributed by atoms with Gasteiger partial charge in [-0.05, 0) is 71.6 Å². The van der Waals surface area contributed by atoms with Crippen LogP contribution in [-0.4, -0.2) is 32.6 Å². The minimum absolute atomic E-state index is 0.149. The molecule has 0 unspecified atom stereocenters. The van der Waals surface area contributed by atoms with Crippen LogP contribution >= 0.6 is 0 Å². The molecule has 0 aromatic carbocycles. The maximum Gasteiger partial charge on any atom is 0.0975 e. The average molecular weight is 254 g/mol. The fourth-order valence-electron chi connectivity index (χ4n) is 4.80. The summed E-state index contributed by atoms with van der Waals surface area (Å²) in [5.41, 5.74) is -2.04. The summed E-state index contributed by atoms with van der Waals surface area (Å²) in [7, 11) is 0. The Balaban J connectivity index is 2.01. The van der Waals surface area contributed by atoms with Gasteiger partial charge in [0.25, 0.3) is 0 Å². The van der Waals surface area contributed by atoms with Crippen molar-refractivity contribution in [2.24, 2.45) is 11.8 Å². The summed E-state index contributed by atoms with van der Waals surface area (Å²) in [6.45, 7) is 7.84. The number of hydrogen-bond donors (Lipinski definition) is 2. The van der Waals surface area contributed by atoms with Gasteiger partial charge in [-0.1, -0.05) is 0 Å². The van der Waals surface area contributed by atoms with Gasteiger partial charge in [-0.25, -0.2) is 0 Å². The third kappa shape index (κ3) is 1.47. The van der Waals surface area contributed by atoms with E-state index in [-0.39, 0.29) is 11.5 Å². The maximum atomic E-state index is 10.6. The zero-order chi connectivity index (χ0) is 13.4. The largest absolute Gasteiger partial charge is 0.390 e. The molecule has 0 amide bonds. The Kier molecular flexibility index (Phi) is 2.37. The molecular formula is C15H26O3. The van der Waals surface area contributed by atoms with E-state index < -0.39 is 16.8 Å². The van der Waals surface area contributed by atoms with E-state index in [0.717, 1.165) is 32.1 Å². The summed E-state index contributed by atoms with van der Waals surface area (Å²) in [6, 6.07) is 0. The van der Waals surface area contributed by atoms with Crippen molar-refractivity contribution in [2.75, 3.05) is 0 Å². The van der Waals surface area contributed by atoms with E-state index in [9.17, 15) is 10.2 Å². The predicted octanol–water partition coefficient (Wildman–Crippen LogP) is 2.25. The Morgan fingerprint density at radius 3 is 2.39 bits per heavy atom. The molecule has 104 valence electrons. The first-order chi connectivity index (χ1) is 8.10. The molecule has 3 heteroatoms. The van der Waals surface area contributed by atoms with E-state index in [4.69, 9.17) is 4.74 Å². The van der Waals surface area contributed by atoms with Crippen LogP contribution in [0, 0.1) is 11.8 Å². The summed E-state index contributed by atoms with van der Waals surface area (Å²) in [4.78, 5) is 0. The third-order valence-corrected chi connectivity index (χ3v) is 6.15. The summed E-state index contributed by atoms with van der Waals surface area (Å²) in [5, 5.41) is 21.1. The van der Waals surface area contributed by atoms with Gasteiger partial charge in [-0.3, -0.25) is 0 Å². The van der Waals surface area contributed by atoms with Gasteiger partial charge in [0.2, 0.25) is 0 Å². The average Bonchev–Trinajstić information content (AvgIpc) is 2.66. The number of fused-ring (bicyclic) bond motifs is 4. The molecule has 1 saturated carbocycles. The first kappa shape index (κ1) is 12.9. The van der Waals surface area contributed by atoms with Crippen LogP contribution in [0.3, 0.4) is 0 Å². The summed E-state index contributed by atoms with van der Waals surface area (Å²) in [6.07, 6.45) is 4.63. The lowest BCUT2D eigenvalue weighted by Gasteiger charge is -2.52. The molecule has 2 aliphatic heterocycles. The van der Waals surface area contributed by atoms with E-state index in [1.165, 1.54) is 0 Å². The first-order valence-electron chi connectivity index (χ1n) is 7.25. The summed E-state index contributed by atoms with van der Waals surface area (Å²) >= 11 is 0. The topological polar surface area (TPSA) is 49.7 Å². The molecule has 2 saturated heterocycles. The van der Waals surface area contributed by atoms with Crippen LogP contribution in [0.1, 0.15) is 59.8 Å². The lowest BCUT2D eigenvalue weighted by atomic mass is 9.69. The van der Waals surface area contributed by atoms with Crippen molar-refractivity contribution in [2.45, 2.75) is 82.2 Å². The first-order valence-corrected chi connectivity index (χ1v) is 7.25. The molecule has 2 heterocycles. The van der Waals surface area contributed by atoms with E-state index >= 15 is 0 Å². The SMILES string of the molecule is CC(C)(O)[C@]12CC[C@](C)(O1)[C@H]1CC[C@@](C)(O)[C@H]1C2. The molecule has 2 bridgehead atoms. The second-order valence-corrected chi connectivity index (χ2v) is 7.78. The Morgan fingerprint density at radius 2 is 1.78 bits per heavy atom. The van der Waals surface area contributed by atoms with Gasteiger partial charge >= 0.3 is 0 Å². The molecule has 3 fully saturated rings. The molecule has 3 nitrogen and oxygen atoms in total. The second-order valence-electron chi connectivity index (χ2n) is 7.78. The zero-order valence-electron chi connectivity index (χ0n) is 12.0. The molecular weight excluding hydrogens is 228 g/mol. The van der Waals surface area contributed by atoms with E-state index in [1.54, 1.807) is 0 Å². The molecule has 2 N–H and O–H groups in total. The van der Waals surface area contributed by atoms with Crippen molar-refractivity contribution in [3.8, 4) is 0 Å². The number of aliphatic hydroxyl groups is 2. The van der Waals surface area contributed by atoms with Crippen LogP contribution in [0.15, 0.2) is 0 Å². The Morgan fingerprint density at radius 1 is 1.11 bits per heavy atom. The van der Waals surface area contributed by atoms with Crippen molar-refractivity contribution in [1.82, 2.24) is 0 Å². The van der Waals surface area contributed by atoms with Gasteiger partial charge in [0.15, 0.2) is 0 Å². The Hall–Kier alpha value is -0.120. The fraction of sp³-hybridized carbons (Fsp3) is 1.00. The molecule has 1 aliphatic carbocycles. The van der Waals surface area contributed by atoms with Gasteiger partial charge < -0.3 is 14.9 Å². The van der Waals surface area contributed by atoms with E-state index in [2.05, 4.69) is 6.92 Å². The van der Waals surface area contributed by atoms with Gasteiger partial charge in [-0.15, -0.1) is 0 Å². The van der Waals surface area contributed by atoms with Gasteiger partial charge in [-0.2, -0.15) is 0 Å². The lowest BCUT2D eigenvalue weighted by molar-refractivity contribution is -0.249. The number of ether oxygens (including phenoxy) is 1. The summed E-state index contributed by atoms with van der Waals surface area (Å²) in [5.74, 6) is 0.718. The maximum absolute atomic E-state index is 10.6. The fourth-order valence-corrected chi connectivity index (χ4v) is 4.80. The number of hydrogen-bond acceptors (Lipinski definition) is 3. The Labute approximate surface area is 110 Å². The van der Waals surface area contributed by atoms with Crippen LogP contribution in [0.5, 0.6) is 0 Å². The second kappa shape index (κ2) is 3.31. The lowest BCUT2D eigenvalue weighted by Crippen LogP contribution is -2.59. The standard InChI is InChI=1S/C15H26O3/c1-12(2,16)15-8-7-14(4,18-15)10-5-6-13(3,17)11(10)9-15/h10-11,16-17H,5-9H2,1-4H3/t10-,11-,13+,14-,15+/m0/s1. The van der Waals surface area contributed by atoms with Gasteiger partial charge in [0.1, 0.15) is 0 Å². The monoisotopic (exact) mass is 254 g/mol. The van der Waals surface area contributed by atoms with Crippen molar-refractivity contribution >= 4 is 0 Å². The van der Waals surface area contributed by atoms with Gasteiger partial charge in [0, 0.05) is 0 Å². The summed E-state index contributed by atoms with van der Waals surface area (Å²) < 4.78 is 6.38. The molecule has 3 rings (SSSR count). The van der Waals surface area contributed by atoms with Crippen LogP contribution in [-0.2, 0) is 4.74 Å². The van der Waals surface area contributed by atoms with Crippen LogP contribution in [0.4, 0.5) is 0 Å². The highest BCUT2D eigenvalue weighted by molar-refractivity contribution is 5.16. The van der Waals surface area contributed by atoms with Crippen molar-refractivity contribution in [1.29, 1.82) is 0 Å². The molecule has 0 radical (unpaired) electrons. The van der Waals surface area contributed by atoms with Crippen molar-refractivity contribution in [3.05, 3.63) is 0 Å². The van der Waals surface area contributed by atoms with Crippen LogP contribution in [0.25, 0.3) is 0 Å². The van der Waals surface area contributed by atoms with E-state index in [0.29, 0.717) is 5.92 Å². The highest BCUT2D eigenvalue weighted by Crippen LogP contribution is 2.63. The highest BCUT2D eigenvalue weighted by Gasteiger charge is 2.66. The minimum Gasteiger partial charge on any atom is -0.390 e. The molecule has 0 aromatic rings. The molecule has 0 aromatic heterocycles. The molecule has 5 atom stereocenters. The highest BCUT2D eigenvalue weighted by atomic mass is 16.5. The predicted molar refractivity (Wildman–Crippen MR) is 69.2 cm³/mol. The van der Waals surface area contributed by atoms with Crippen LogP contribution in [0.2, 0.25) is 0 Å². The van der Waals surface area contributed by atoms with Crippen molar-refractivity contribution in [3.63, 3.8) is 0 Å². The molecule has 18 heavy (non-hydrogen) atoms. The molecule has 0 spiro atoms. The Bertz CT molecular complexity index is 370. The van der Waals surface area contributed by atoms with Crippen molar-refractivity contribution < 1.29 is 14.9 Å². The minimum atomic E-state index is -0.839. The molecule has 3 aliphatic rings. The smallest absolute Gasteiger partial charge is 0.0975 e. The normalized spacial score (nSPS) is 55.7. The zero-order valence-corrected chi connectivity index (χ0v) is 12.0. The van der Waals surface area contributed by atoms with E-state index in [1.807, 2.05) is 20.8 Å². The van der Waals surface area contributed by atoms with Gasteiger partial charge in [0.05, 0.1) is 22.4 Å². The van der Waals surface area contributed by atoms with Crippen LogP contribution < -0.4 is 0 Å².